The van der Waals surface area contributed by atoms with Gasteiger partial charge in [-0.2, -0.15) is 0 Å². The summed E-state index contributed by atoms with van der Waals surface area (Å²) in [5.41, 5.74) is 1.24. The van der Waals surface area contributed by atoms with Gasteiger partial charge in [0.15, 0.2) is 0 Å². The molecule has 1 aliphatic rings. The molecule has 2 aromatic rings. The van der Waals surface area contributed by atoms with Crippen molar-refractivity contribution < 1.29 is 17.9 Å². The van der Waals surface area contributed by atoms with E-state index in [1.54, 1.807) is 6.07 Å². The van der Waals surface area contributed by atoms with E-state index in [1.807, 2.05) is 30.3 Å². The zero-order valence-electron chi connectivity index (χ0n) is 16.9. The summed E-state index contributed by atoms with van der Waals surface area (Å²) >= 11 is 0. The van der Waals surface area contributed by atoms with Crippen LogP contribution in [0.15, 0.2) is 53.4 Å². The van der Waals surface area contributed by atoms with E-state index in [0.29, 0.717) is 6.54 Å². The largest absolute Gasteiger partial charge is 0.495 e. The normalized spacial score (nSPS) is 19.5. The Labute approximate surface area is 172 Å². The zero-order chi connectivity index (χ0) is 20.9. The molecule has 29 heavy (non-hydrogen) atoms. The Balaban J connectivity index is 1.79. The fraction of sp³-hybridized carbons (Fsp3) is 0.409. The lowest BCUT2D eigenvalue weighted by Gasteiger charge is -2.29. The Morgan fingerprint density at radius 3 is 2.52 bits per heavy atom. The second kappa shape index (κ2) is 9.41. The lowest BCUT2D eigenvalue weighted by Crippen LogP contribution is -2.41. The number of carbonyl (C=O) groups is 1. The van der Waals surface area contributed by atoms with Crippen molar-refractivity contribution in [1.29, 1.82) is 0 Å². The lowest BCUT2D eigenvalue weighted by molar-refractivity contribution is 0.0950. The van der Waals surface area contributed by atoms with E-state index in [0.717, 1.165) is 31.2 Å². The van der Waals surface area contributed by atoms with Crippen molar-refractivity contribution in [3.63, 3.8) is 0 Å². The van der Waals surface area contributed by atoms with Crippen LogP contribution < -0.4 is 14.8 Å². The molecule has 2 N–H and O–H groups in total. The molecule has 1 saturated carbocycles. The Bertz CT molecular complexity index is 945. The molecule has 1 aliphatic carbocycles. The summed E-state index contributed by atoms with van der Waals surface area (Å²) in [6.45, 7) is 2.43. The number of rotatable bonds is 7. The summed E-state index contributed by atoms with van der Waals surface area (Å²) in [6.07, 6.45) is 3.96. The lowest BCUT2D eigenvalue weighted by atomic mass is 9.87. The van der Waals surface area contributed by atoms with Gasteiger partial charge in [0.25, 0.3) is 5.91 Å². The predicted molar refractivity (Wildman–Crippen MR) is 112 cm³/mol. The van der Waals surface area contributed by atoms with Crippen LogP contribution in [0.25, 0.3) is 0 Å². The molecule has 2 atom stereocenters. The molecule has 0 heterocycles. The third kappa shape index (κ3) is 5.36. The van der Waals surface area contributed by atoms with Crippen molar-refractivity contribution in [1.82, 2.24) is 10.0 Å². The summed E-state index contributed by atoms with van der Waals surface area (Å²) in [5, 5.41) is 2.82. The maximum absolute atomic E-state index is 13.1. The molecule has 0 spiro atoms. The maximum atomic E-state index is 13.1. The topological polar surface area (TPSA) is 84.5 Å². The first-order chi connectivity index (χ1) is 13.9. The molecule has 0 saturated heterocycles. The standard InChI is InChI=1S/C22H28N2O4S/c1-16-8-6-7-11-19(16)24-29(26,27)21-14-18(12-13-20(21)28-2)22(25)23-15-17-9-4-3-5-10-17/h3-5,9-10,12-14,16,19,24H,6-8,11,15H2,1-2H3,(H,23,25). The van der Waals surface area contributed by atoms with Gasteiger partial charge in [0.1, 0.15) is 10.6 Å². The highest BCUT2D eigenvalue weighted by Gasteiger charge is 2.29. The number of sulfonamides is 1. The molecule has 2 unspecified atom stereocenters. The van der Waals surface area contributed by atoms with Gasteiger partial charge in [-0.15, -0.1) is 0 Å². The molecule has 0 radical (unpaired) electrons. The van der Waals surface area contributed by atoms with E-state index in [2.05, 4.69) is 17.0 Å². The molecule has 2 aromatic carbocycles. The van der Waals surface area contributed by atoms with Crippen molar-refractivity contribution in [2.45, 2.75) is 50.1 Å². The van der Waals surface area contributed by atoms with Gasteiger partial charge in [-0.1, -0.05) is 50.1 Å². The Kier molecular flexibility index (Phi) is 6.92. The van der Waals surface area contributed by atoms with Gasteiger partial charge in [-0.25, -0.2) is 13.1 Å². The number of methoxy groups -OCH3 is 1. The van der Waals surface area contributed by atoms with Gasteiger partial charge < -0.3 is 10.1 Å². The highest BCUT2D eigenvalue weighted by molar-refractivity contribution is 7.89. The van der Waals surface area contributed by atoms with Gasteiger partial charge in [-0.05, 0) is 42.5 Å². The number of hydrogen-bond acceptors (Lipinski definition) is 4. The van der Waals surface area contributed by atoms with Crippen LogP contribution in [0, 0.1) is 5.92 Å². The molecule has 1 amide bonds. The minimum absolute atomic E-state index is 0.00913. The van der Waals surface area contributed by atoms with E-state index in [4.69, 9.17) is 4.74 Å². The van der Waals surface area contributed by atoms with Crippen molar-refractivity contribution in [3.8, 4) is 5.75 Å². The molecular formula is C22H28N2O4S. The van der Waals surface area contributed by atoms with Crippen molar-refractivity contribution in [2.24, 2.45) is 5.92 Å². The third-order valence-electron chi connectivity index (χ3n) is 5.43. The summed E-state index contributed by atoms with van der Waals surface area (Å²) in [4.78, 5) is 12.6. The van der Waals surface area contributed by atoms with Gasteiger partial charge in [0.2, 0.25) is 10.0 Å². The molecule has 6 nitrogen and oxygen atoms in total. The summed E-state index contributed by atoms with van der Waals surface area (Å²) in [5.74, 6) is 0.168. The fourth-order valence-corrected chi connectivity index (χ4v) is 5.24. The first-order valence-electron chi connectivity index (χ1n) is 9.93. The van der Waals surface area contributed by atoms with E-state index in [-0.39, 0.29) is 34.1 Å². The number of amides is 1. The SMILES string of the molecule is COc1ccc(C(=O)NCc2ccccc2)cc1S(=O)(=O)NC1CCCCC1C. The van der Waals surface area contributed by atoms with E-state index < -0.39 is 10.0 Å². The summed E-state index contributed by atoms with van der Waals surface area (Å²) in [6, 6.07) is 13.9. The number of benzene rings is 2. The molecule has 0 aromatic heterocycles. The number of ether oxygens (including phenoxy) is 1. The number of carbonyl (C=O) groups excluding carboxylic acids is 1. The molecule has 1 fully saturated rings. The minimum atomic E-state index is -3.81. The average Bonchev–Trinajstić information content (AvgIpc) is 2.74. The molecule has 0 aliphatic heterocycles. The van der Waals surface area contributed by atoms with Gasteiger partial charge in [-0.3, -0.25) is 4.79 Å². The second-order valence-electron chi connectivity index (χ2n) is 7.52. The average molecular weight is 417 g/mol. The van der Waals surface area contributed by atoms with Gasteiger partial charge >= 0.3 is 0 Å². The summed E-state index contributed by atoms with van der Waals surface area (Å²) in [7, 11) is -2.39. The summed E-state index contributed by atoms with van der Waals surface area (Å²) < 4.78 is 34.2. The van der Waals surface area contributed by atoms with Crippen molar-refractivity contribution in [2.75, 3.05) is 7.11 Å². The number of nitrogens with one attached hydrogen (secondary N) is 2. The number of hydrogen-bond donors (Lipinski definition) is 2. The van der Waals surface area contributed by atoms with E-state index >= 15 is 0 Å². The van der Waals surface area contributed by atoms with E-state index in [9.17, 15) is 13.2 Å². The first kappa shape index (κ1) is 21.3. The quantitative estimate of drug-likeness (QED) is 0.724. The molecule has 7 heteroatoms. The highest BCUT2D eigenvalue weighted by Crippen LogP contribution is 2.29. The van der Waals surface area contributed by atoms with Crippen LogP contribution in [0.1, 0.15) is 48.5 Å². The molecule has 0 bridgehead atoms. The van der Waals surface area contributed by atoms with Crippen LogP contribution >= 0.6 is 0 Å². The smallest absolute Gasteiger partial charge is 0.251 e. The van der Waals surface area contributed by atoms with E-state index in [1.165, 1.54) is 19.2 Å². The maximum Gasteiger partial charge on any atom is 0.251 e. The fourth-order valence-electron chi connectivity index (χ4n) is 3.66. The van der Waals surface area contributed by atoms with Crippen LogP contribution in [-0.4, -0.2) is 27.5 Å². The zero-order valence-corrected chi connectivity index (χ0v) is 17.7. The van der Waals surface area contributed by atoms with Crippen LogP contribution in [0.4, 0.5) is 0 Å². The van der Waals surface area contributed by atoms with Crippen LogP contribution in [0.3, 0.4) is 0 Å². The van der Waals surface area contributed by atoms with Gasteiger partial charge in [0, 0.05) is 18.2 Å². The Morgan fingerprint density at radius 2 is 1.83 bits per heavy atom. The highest BCUT2D eigenvalue weighted by atomic mass is 32.2. The predicted octanol–water partition coefficient (Wildman–Crippen LogP) is 3.48. The van der Waals surface area contributed by atoms with Crippen LogP contribution in [-0.2, 0) is 16.6 Å². The molecule has 3 rings (SSSR count). The van der Waals surface area contributed by atoms with Crippen molar-refractivity contribution >= 4 is 15.9 Å². The van der Waals surface area contributed by atoms with Crippen LogP contribution in [0.2, 0.25) is 0 Å². The third-order valence-corrected chi connectivity index (χ3v) is 6.94. The molecular weight excluding hydrogens is 388 g/mol. The Morgan fingerprint density at radius 1 is 1.10 bits per heavy atom. The second-order valence-corrected chi connectivity index (χ2v) is 9.21. The minimum Gasteiger partial charge on any atom is -0.495 e. The van der Waals surface area contributed by atoms with Gasteiger partial charge in [0.05, 0.1) is 7.11 Å². The monoisotopic (exact) mass is 416 g/mol. The van der Waals surface area contributed by atoms with Crippen molar-refractivity contribution in [3.05, 3.63) is 59.7 Å². The van der Waals surface area contributed by atoms with Crippen LogP contribution in [0.5, 0.6) is 5.75 Å². The first-order valence-corrected chi connectivity index (χ1v) is 11.4. The molecule has 156 valence electrons. The Hall–Kier alpha value is -2.38.